The zero-order valence-electron chi connectivity index (χ0n) is 11.3. The standard InChI is InChI=1S/C14H15F2N3O2/c15-10-6-2-5-9(12(10)16)14-18-13(19-21-14)11(17)7-20-8-3-1-4-8/h2,5-6,8,11H,1,3-4,7,17H2. The van der Waals surface area contributed by atoms with Crippen LogP contribution in [0.4, 0.5) is 8.78 Å². The number of hydrogen-bond acceptors (Lipinski definition) is 5. The molecule has 2 N–H and O–H groups in total. The third kappa shape index (κ3) is 2.93. The first-order valence-electron chi connectivity index (χ1n) is 6.80. The molecule has 7 heteroatoms. The number of ether oxygens (including phenoxy) is 1. The summed E-state index contributed by atoms with van der Waals surface area (Å²) >= 11 is 0. The number of nitrogens with zero attached hydrogens (tertiary/aromatic N) is 2. The highest BCUT2D eigenvalue weighted by Crippen LogP contribution is 2.25. The Bertz CT molecular complexity index is 628. The van der Waals surface area contributed by atoms with Crippen molar-refractivity contribution in [1.29, 1.82) is 0 Å². The van der Waals surface area contributed by atoms with E-state index in [1.54, 1.807) is 0 Å². The molecule has 3 rings (SSSR count). The van der Waals surface area contributed by atoms with Crippen LogP contribution in [0.5, 0.6) is 0 Å². The van der Waals surface area contributed by atoms with Gasteiger partial charge in [0.05, 0.1) is 24.3 Å². The van der Waals surface area contributed by atoms with E-state index in [0.29, 0.717) is 0 Å². The van der Waals surface area contributed by atoms with Crippen LogP contribution in [-0.4, -0.2) is 22.9 Å². The predicted octanol–water partition coefficient (Wildman–Crippen LogP) is 2.58. The molecule has 1 atom stereocenters. The number of hydrogen-bond donors (Lipinski definition) is 1. The van der Waals surface area contributed by atoms with Gasteiger partial charge in [0, 0.05) is 0 Å². The molecule has 1 unspecified atom stereocenters. The van der Waals surface area contributed by atoms with E-state index in [4.69, 9.17) is 15.0 Å². The topological polar surface area (TPSA) is 74.2 Å². The number of nitrogens with two attached hydrogens (primary N) is 1. The summed E-state index contributed by atoms with van der Waals surface area (Å²) in [6.07, 6.45) is 3.51. The molecule has 0 saturated heterocycles. The predicted molar refractivity (Wildman–Crippen MR) is 70.2 cm³/mol. The maximum absolute atomic E-state index is 13.6. The van der Waals surface area contributed by atoms with E-state index >= 15 is 0 Å². The molecule has 1 aliphatic carbocycles. The van der Waals surface area contributed by atoms with Crippen LogP contribution in [0.15, 0.2) is 22.7 Å². The first kappa shape index (κ1) is 14.1. The van der Waals surface area contributed by atoms with Gasteiger partial charge < -0.3 is 15.0 Å². The van der Waals surface area contributed by atoms with Crippen LogP contribution in [0.3, 0.4) is 0 Å². The van der Waals surface area contributed by atoms with E-state index in [9.17, 15) is 8.78 Å². The van der Waals surface area contributed by atoms with Gasteiger partial charge in [-0.2, -0.15) is 4.98 Å². The summed E-state index contributed by atoms with van der Waals surface area (Å²) in [6.45, 7) is 0.273. The molecule has 1 aromatic carbocycles. The molecule has 112 valence electrons. The molecule has 0 spiro atoms. The van der Waals surface area contributed by atoms with Crippen LogP contribution in [0.1, 0.15) is 31.1 Å². The number of benzene rings is 1. The Morgan fingerprint density at radius 3 is 2.90 bits per heavy atom. The molecular formula is C14H15F2N3O2. The number of aromatic nitrogens is 2. The highest BCUT2D eigenvalue weighted by Gasteiger charge is 2.22. The van der Waals surface area contributed by atoms with Gasteiger partial charge in [0.2, 0.25) is 0 Å². The van der Waals surface area contributed by atoms with Crippen LogP contribution in [-0.2, 0) is 4.74 Å². The maximum Gasteiger partial charge on any atom is 0.261 e. The average molecular weight is 295 g/mol. The molecule has 21 heavy (non-hydrogen) atoms. The van der Waals surface area contributed by atoms with Gasteiger partial charge in [-0.1, -0.05) is 11.2 Å². The van der Waals surface area contributed by atoms with Crippen molar-refractivity contribution in [2.75, 3.05) is 6.61 Å². The van der Waals surface area contributed by atoms with Gasteiger partial charge in [0.1, 0.15) is 0 Å². The van der Waals surface area contributed by atoms with Crippen LogP contribution >= 0.6 is 0 Å². The summed E-state index contributed by atoms with van der Waals surface area (Å²) in [5.74, 6) is -1.87. The van der Waals surface area contributed by atoms with Crippen LogP contribution < -0.4 is 5.73 Å². The van der Waals surface area contributed by atoms with Gasteiger partial charge in [-0.15, -0.1) is 0 Å². The largest absolute Gasteiger partial charge is 0.376 e. The van der Waals surface area contributed by atoms with Gasteiger partial charge in [-0.3, -0.25) is 0 Å². The molecule has 0 amide bonds. The van der Waals surface area contributed by atoms with E-state index in [-0.39, 0.29) is 30.0 Å². The lowest BCUT2D eigenvalue weighted by molar-refractivity contribution is -0.00549. The minimum atomic E-state index is -1.02. The van der Waals surface area contributed by atoms with E-state index < -0.39 is 17.7 Å². The average Bonchev–Trinajstić information content (AvgIpc) is 2.89. The third-order valence-electron chi connectivity index (χ3n) is 3.52. The summed E-state index contributed by atoms with van der Waals surface area (Å²) in [5, 5.41) is 3.70. The number of halogens is 2. The van der Waals surface area contributed by atoms with Crippen molar-refractivity contribution in [3.05, 3.63) is 35.7 Å². The normalized spacial score (nSPS) is 16.7. The van der Waals surface area contributed by atoms with Crippen molar-refractivity contribution in [2.24, 2.45) is 5.73 Å². The Morgan fingerprint density at radius 1 is 1.38 bits per heavy atom. The van der Waals surface area contributed by atoms with Gasteiger partial charge >= 0.3 is 0 Å². The molecule has 1 saturated carbocycles. The van der Waals surface area contributed by atoms with Crippen LogP contribution in [0.2, 0.25) is 0 Å². The second-order valence-electron chi connectivity index (χ2n) is 5.05. The fourth-order valence-electron chi connectivity index (χ4n) is 2.02. The minimum Gasteiger partial charge on any atom is -0.376 e. The molecule has 1 aliphatic rings. The van der Waals surface area contributed by atoms with E-state index in [1.165, 1.54) is 18.6 Å². The zero-order chi connectivity index (χ0) is 14.8. The fourth-order valence-corrected chi connectivity index (χ4v) is 2.02. The van der Waals surface area contributed by atoms with Gasteiger partial charge in [-0.25, -0.2) is 8.78 Å². The SMILES string of the molecule is NC(COC1CCC1)c1noc(-c2cccc(F)c2F)n1. The van der Waals surface area contributed by atoms with Crippen molar-refractivity contribution < 1.29 is 18.0 Å². The van der Waals surface area contributed by atoms with Crippen LogP contribution in [0, 0.1) is 11.6 Å². The van der Waals surface area contributed by atoms with Gasteiger partial charge in [0.15, 0.2) is 17.5 Å². The molecule has 0 bridgehead atoms. The summed E-state index contributed by atoms with van der Waals surface area (Å²) in [4.78, 5) is 4.01. The lowest BCUT2D eigenvalue weighted by Gasteiger charge is -2.26. The van der Waals surface area contributed by atoms with Crippen molar-refractivity contribution in [2.45, 2.75) is 31.4 Å². The molecule has 0 aliphatic heterocycles. The Balaban J connectivity index is 1.71. The highest BCUT2D eigenvalue weighted by atomic mass is 19.2. The lowest BCUT2D eigenvalue weighted by Crippen LogP contribution is -2.27. The molecule has 1 fully saturated rings. The van der Waals surface area contributed by atoms with Crippen molar-refractivity contribution in [3.8, 4) is 11.5 Å². The molecule has 1 heterocycles. The first-order chi connectivity index (χ1) is 10.1. The Labute approximate surface area is 120 Å². The fraction of sp³-hybridized carbons (Fsp3) is 0.429. The monoisotopic (exact) mass is 295 g/mol. The third-order valence-corrected chi connectivity index (χ3v) is 3.52. The van der Waals surface area contributed by atoms with Crippen molar-refractivity contribution >= 4 is 0 Å². The lowest BCUT2D eigenvalue weighted by atomic mass is 9.96. The zero-order valence-corrected chi connectivity index (χ0v) is 11.3. The summed E-state index contributed by atoms with van der Waals surface area (Å²) in [7, 11) is 0. The van der Waals surface area contributed by atoms with Crippen molar-refractivity contribution in [3.63, 3.8) is 0 Å². The smallest absolute Gasteiger partial charge is 0.261 e. The molecule has 5 nitrogen and oxygen atoms in total. The quantitative estimate of drug-likeness (QED) is 0.917. The molecule has 0 radical (unpaired) electrons. The first-order valence-corrected chi connectivity index (χ1v) is 6.80. The molecule has 2 aromatic rings. The Hall–Kier alpha value is -1.86. The Kier molecular flexibility index (Phi) is 3.94. The highest BCUT2D eigenvalue weighted by molar-refractivity contribution is 5.53. The minimum absolute atomic E-state index is 0.0825. The Morgan fingerprint density at radius 2 is 2.19 bits per heavy atom. The van der Waals surface area contributed by atoms with Gasteiger partial charge in [0.25, 0.3) is 5.89 Å². The van der Waals surface area contributed by atoms with Gasteiger partial charge in [-0.05, 0) is 31.4 Å². The van der Waals surface area contributed by atoms with Crippen LogP contribution in [0.25, 0.3) is 11.5 Å². The van der Waals surface area contributed by atoms with E-state index in [0.717, 1.165) is 18.9 Å². The second-order valence-corrected chi connectivity index (χ2v) is 5.05. The maximum atomic E-state index is 13.6. The van der Waals surface area contributed by atoms with E-state index in [2.05, 4.69) is 10.1 Å². The number of rotatable bonds is 5. The molecule has 1 aromatic heterocycles. The molecular weight excluding hydrogens is 280 g/mol. The van der Waals surface area contributed by atoms with Crippen molar-refractivity contribution in [1.82, 2.24) is 10.1 Å². The summed E-state index contributed by atoms with van der Waals surface area (Å²) in [5.41, 5.74) is 5.82. The summed E-state index contributed by atoms with van der Waals surface area (Å²) in [6, 6.07) is 3.21. The summed E-state index contributed by atoms with van der Waals surface area (Å²) < 4.78 is 37.3. The second kappa shape index (κ2) is 5.87. The van der Waals surface area contributed by atoms with E-state index in [1.807, 2.05) is 0 Å².